The first-order valence-corrected chi connectivity index (χ1v) is 30.7. The Kier molecular flexibility index (Phi) is 12.5. The minimum absolute atomic E-state index is 0.0817. The zero-order valence-electron chi connectivity index (χ0n) is 36.7. The summed E-state index contributed by atoms with van der Waals surface area (Å²) in [5.41, 5.74) is 6.32. The average Bonchev–Trinajstić information content (AvgIpc) is 3.39. The van der Waals surface area contributed by atoms with Gasteiger partial charge >= 0.3 is 396 Å². The molecule has 10 rings (SSSR count). The van der Waals surface area contributed by atoms with Gasteiger partial charge in [-0.15, -0.1) is 0 Å². The molecule has 0 saturated heterocycles. The molecule has 0 N–H and O–H groups in total. The van der Waals surface area contributed by atoms with E-state index in [4.69, 9.17) is 0 Å². The van der Waals surface area contributed by atoms with Gasteiger partial charge in [0.25, 0.3) is 0 Å². The van der Waals surface area contributed by atoms with Gasteiger partial charge < -0.3 is 0 Å². The molecule has 0 fully saturated rings. The van der Waals surface area contributed by atoms with Gasteiger partial charge in [0.05, 0.1) is 0 Å². The molecule has 0 aromatic heterocycles. The molecule has 10 aromatic carbocycles. The van der Waals surface area contributed by atoms with E-state index in [2.05, 4.69) is 281 Å². The molecular formula is C62H52P2Pd. The van der Waals surface area contributed by atoms with Gasteiger partial charge in [-0.25, -0.2) is 0 Å². The summed E-state index contributed by atoms with van der Waals surface area (Å²) < 4.78 is 0. The van der Waals surface area contributed by atoms with Crippen molar-refractivity contribution in [2.45, 2.75) is 13.8 Å². The van der Waals surface area contributed by atoms with Crippen LogP contribution in [-0.4, -0.2) is 0 Å². The van der Waals surface area contributed by atoms with Crippen LogP contribution in [0.15, 0.2) is 267 Å². The number of hydrogen-bond acceptors (Lipinski definition) is 0. The van der Waals surface area contributed by atoms with E-state index in [1.165, 1.54) is 87.5 Å². The van der Waals surface area contributed by atoms with Gasteiger partial charge in [0, 0.05) is 0 Å². The van der Waals surface area contributed by atoms with Gasteiger partial charge in [-0.3, -0.25) is 0 Å². The van der Waals surface area contributed by atoms with Crippen LogP contribution in [0.5, 0.6) is 0 Å². The predicted octanol–water partition coefficient (Wildman–Crippen LogP) is 13.6. The van der Waals surface area contributed by atoms with Gasteiger partial charge in [0.2, 0.25) is 0 Å². The van der Waals surface area contributed by atoms with Crippen molar-refractivity contribution in [2.24, 2.45) is 0 Å². The summed E-state index contributed by atoms with van der Waals surface area (Å²) in [5, 5.41) is 8.66. The average molecular weight is 965 g/mol. The van der Waals surface area contributed by atoms with Crippen molar-refractivity contribution in [1.82, 2.24) is 0 Å². The van der Waals surface area contributed by atoms with Crippen molar-refractivity contribution < 1.29 is 17.0 Å². The topological polar surface area (TPSA) is 0 Å². The minimum atomic E-state index is -3.23. The Balaban J connectivity index is 1.48. The number of rotatable bonds is 12. The van der Waals surface area contributed by atoms with Crippen LogP contribution in [0.4, 0.5) is 0 Å². The quantitative estimate of drug-likeness (QED) is 0.0845. The maximum atomic E-state index is 2.49. The molecule has 0 spiro atoms. The Bertz CT molecular complexity index is 2730. The second-order valence-corrected chi connectivity index (χ2v) is 33.6. The monoisotopic (exact) mass is 964 g/mol. The fourth-order valence-corrected chi connectivity index (χ4v) is 44.9. The van der Waals surface area contributed by atoms with E-state index in [0.717, 1.165) is 0 Å². The van der Waals surface area contributed by atoms with Crippen molar-refractivity contribution in [3.8, 4) is 44.5 Å². The molecule has 0 nitrogen and oxygen atoms in total. The third kappa shape index (κ3) is 8.21. The Morgan fingerprint density at radius 3 is 0.631 bits per heavy atom. The molecule has 3 heteroatoms. The van der Waals surface area contributed by atoms with Crippen LogP contribution in [0, 0.1) is 13.8 Å². The van der Waals surface area contributed by atoms with Crippen LogP contribution in [0.25, 0.3) is 44.5 Å². The van der Waals surface area contributed by atoms with Crippen LogP contribution in [-0.2, 0) is 17.0 Å². The molecule has 0 bridgehead atoms. The summed E-state index contributed by atoms with van der Waals surface area (Å²) in [7, 11) is 0. The fourth-order valence-electron chi connectivity index (χ4n) is 9.64. The molecule has 0 saturated carbocycles. The van der Waals surface area contributed by atoms with Gasteiger partial charge in [0.15, 0.2) is 0 Å². The number of benzene rings is 10. The molecule has 0 aliphatic rings. The van der Waals surface area contributed by atoms with Crippen LogP contribution in [0.1, 0.15) is 11.1 Å². The molecule has 0 radical (unpaired) electrons. The molecule has 65 heavy (non-hydrogen) atoms. The van der Waals surface area contributed by atoms with Crippen LogP contribution in [0.2, 0.25) is 0 Å². The van der Waals surface area contributed by atoms with Crippen LogP contribution < -0.4 is 31.8 Å². The molecular weight excluding hydrogens is 913 g/mol. The Hall–Kier alpha value is -6.28. The maximum absolute atomic E-state index is 3.23. The Morgan fingerprint density at radius 1 is 0.246 bits per heavy atom. The van der Waals surface area contributed by atoms with E-state index in [9.17, 15) is 0 Å². The van der Waals surface area contributed by atoms with Gasteiger partial charge in [-0.1, -0.05) is 0 Å². The molecule has 320 valence electrons. The Morgan fingerprint density at radius 2 is 0.431 bits per heavy atom. The van der Waals surface area contributed by atoms with Crippen molar-refractivity contribution in [1.29, 1.82) is 0 Å². The second kappa shape index (κ2) is 19.1. The molecule has 0 aliphatic carbocycles. The molecule has 0 aliphatic heterocycles. The second-order valence-electron chi connectivity index (χ2n) is 16.7. The first-order chi connectivity index (χ1) is 32.1. The summed E-state index contributed by atoms with van der Waals surface area (Å²) in [4.78, 5) is 0. The van der Waals surface area contributed by atoms with E-state index in [1.807, 2.05) is 0 Å². The third-order valence-electron chi connectivity index (χ3n) is 12.4. The van der Waals surface area contributed by atoms with E-state index in [1.54, 1.807) is 0 Å². The summed E-state index contributed by atoms with van der Waals surface area (Å²) in [5.74, 6) is 0. The standard InChI is InChI=1S/2C31H25P.Pd/c2*1-24-22-29(25-14-6-2-7-15-25)31(30(23-24)26-16-8-3-9-17-26)32(27-18-10-4-11-19-27)28-20-12-5-13-21-28;/h2*2-23H,1H3;/q;;-2/p+2. The van der Waals surface area contributed by atoms with Crippen molar-refractivity contribution >= 4 is 42.7 Å². The summed E-state index contributed by atoms with van der Waals surface area (Å²) in [6.45, 7) is 4.55. The van der Waals surface area contributed by atoms with Crippen molar-refractivity contribution in [3.63, 3.8) is 0 Å². The first kappa shape index (κ1) is 42.7. The van der Waals surface area contributed by atoms with E-state index < -0.39 is 10.9 Å². The SMILES string of the molecule is Cc1cc(-c2ccccc2)c([PH]([Pd][PH](c2ccccc2)(c2ccccc2)c2c(-c3ccccc3)cc(C)cc2-c2ccccc2)(c2ccccc2)c2ccccc2)c(-c2ccccc2)c1. The number of hydrogen-bond donors (Lipinski definition) is 0. The summed E-state index contributed by atoms with van der Waals surface area (Å²) in [6.07, 6.45) is 0. The van der Waals surface area contributed by atoms with Crippen molar-refractivity contribution in [3.05, 3.63) is 278 Å². The van der Waals surface area contributed by atoms with Gasteiger partial charge in [-0.2, -0.15) is 0 Å². The Labute approximate surface area is 393 Å². The molecule has 0 heterocycles. The predicted molar refractivity (Wildman–Crippen MR) is 284 cm³/mol. The molecule has 0 atom stereocenters. The van der Waals surface area contributed by atoms with Crippen LogP contribution >= 0.6 is 10.9 Å². The normalized spacial score (nSPS) is 12.2. The van der Waals surface area contributed by atoms with E-state index in [-0.39, 0.29) is 17.0 Å². The summed E-state index contributed by atoms with van der Waals surface area (Å²) >= 11 is 0.0817. The summed E-state index contributed by atoms with van der Waals surface area (Å²) in [6, 6.07) is 102. The zero-order valence-corrected chi connectivity index (χ0v) is 40.3. The zero-order chi connectivity index (χ0) is 44.1. The van der Waals surface area contributed by atoms with Gasteiger partial charge in [0.1, 0.15) is 0 Å². The fraction of sp³-hybridized carbons (Fsp3) is 0.0323. The molecule has 10 aromatic rings. The van der Waals surface area contributed by atoms with Gasteiger partial charge in [-0.05, 0) is 0 Å². The van der Waals surface area contributed by atoms with Crippen molar-refractivity contribution in [2.75, 3.05) is 0 Å². The molecule has 0 unspecified atom stereocenters. The first-order valence-electron chi connectivity index (χ1n) is 22.4. The van der Waals surface area contributed by atoms with Crippen LogP contribution in [0.3, 0.4) is 0 Å². The number of aryl methyl sites for hydroxylation is 2. The van der Waals surface area contributed by atoms with E-state index >= 15 is 0 Å². The molecule has 0 amide bonds. The van der Waals surface area contributed by atoms with E-state index in [0.29, 0.717) is 0 Å². The third-order valence-corrected chi connectivity index (χ3v) is 39.3.